The Kier molecular flexibility index (Phi) is 7.79. The summed E-state index contributed by atoms with van der Waals surface area (Å²) >= 11 is 0. The summed E-state index contributed by atoms with van der Waals surface area (Å²) in [6.07, 6.45) is -10.9. The van der Waals surface area contributed by atoms with Crippen LogP contribution in [0.3, 0.4) is 0 Å². The van der Waals surface area contributed by atoms with Gasteiger partial charge in [-0.25, -0.2) is 0 Å². The Morgan fingerprint density at radius 3 is 2.41 bits per heavy atom. The molecule has 3 aliphatic heterocycles. The minimum atomic E-state index is -1.98. The molecule has 2 fully saturated rings. The summed E-state index contributed by atoms with van der Waals surface area (Å²) in [5.74, 6) is 0.348. The van der Waals surface area contributed by atoms with Crippen LogP contribution in [-0.2, 0) is 14.2 Å². The Morgan fingerprint density at radius 1 is 1.00 bits per heavy atom. The second-order valence-corrected chi connectivity index (χ2v) is 9.79. The average molecular weight is 551 g/mol. The Bertz CT molecular complexity index is 1170. The predicted octanol–water partition coefficient (Wildman–Crippen LogP) is -1.26. The summed E-state index contributed by atoms with van der Waals surface area (Å²) in [5, 5.41) is 70.3. The Hall–Kier alpha value is -2.85. The van der Waals surface area contributed by atoms with Crippen LogP contribution in [0.5, 0.6) is 17.2 Å². The molecule has 39 heavy (non-hydrogen) atoms. The van der Waals surface area contributed by atoms with E-state index in [1.54, 1.807) is 24.3 Å². The number of aliphatic hydroxyl groups excluding tert-OH is 5. The number of hydrogen-bond acceptors (Lipinski definition) is 13. The maximum Gasteiger partial charge on any atom is 0.229 e. The summed E-state index contributed by atoms with van der Waals surface area (Å²) in [4.78, 5) is 12.5. The molecule has 5 rings (SSSR count). The van der Waals surface area contributed by atoms with E-state index >= 15 is 0 Å². The van der Waals surface area contributed by atoms with Gasteiger partial charge in [-0.05, 0) is 29.8 Å². The third kappa shape index (κ3) is 5.33. The normalized spacial score (nSPS) is 36.3. The number of ketones is 1. The van der Waals surface area contributed by atoms with Crippen molar-refractivity contribution in [1.29, 1.82) is 0 Å². The monoisotopic (exact) mass is 550 g/mol. The minimum absolute atomic E-state index is 0.0275. The third-order valence-electron chi connectivity index (χ3n) is 7.11. The molecule has 2 saturated heterocycles. The van der Waals surface area contributed by atoms with Crippen LogP contribution in [0.15, 0.2) is 42.5 Å². The lowest BCUT2D eigenvalue weighted by Gasteiger charge is -2.42. The highest BCUT2D eigenvalue weighted by Gasteiger charge is 2.53. The van der Waals surface area contributed by atoms with Crippen molar-refractivity contribution in [3.63, 3.8) is 0 Å². The highest BCUT2D eigenvalue weighted by Crippen LogP contribution is 2.38. The molecule has 0 spiro atoms. The number of carbonyl (C=O) groups excluding carboxylic acids is 1. The number of ether oxygens (including phenoxy) is 5. The lowest BCUT2D eigenvalue weighted by molar-refractivity contribution is -0.318. The van der Waals surface area contributed by atoms with Gasteiger partial charge in [0.15, 0.2) is 18.2 Å². The molecule has 0 aromatic heterocycles. The molecule has 0 aliphatic carbocycles. The molecule has 2 aromatic rings. The van der Waals surface area contributed by atoms with Gasteiger partial charge >= 0.3 is 0 Å². The van der Waals surface area contributed by atoms with Crippen LogP contribution < -0.4 is 9.47 Å². The van der Waals surface area contributed by atoms with Gasteiger partial charge in [-0.15, -0.1) is 0 Å². The van der Waals surface area contributed by atoms with Crippen molar-refractivity contribution in [1.82, 2.24) is 0 Å². The van der Waals surface area contributed by atoms with Gasteiger partial charge in [0.05, 0.1) is 31.8 Å². The number of aliphatic hydroxyl groups is 6. The molecule has 0 radical (unpaired) electrons. The van der Waals surface area contributed by atoms with Gasteiger partial charge in [-0.3, -0.25) is 4.79 Å². The number of aromatic hydroxyl groups is 1. The third-order valence-corrected chi connectivity index (χ3v) is 7.11. The zero-order valence-electron chi connectivity index (χ0n) is 20.6. The van der Waals surface area contributed by atoms with E-state index in [0.29, 0.717) is 11.1 Å². The summed E-state index contributed by atoms with van der Waals surface area (Å²) in [7, 11) is 0. The molecule has 13 nitrogen and oxygen atoms in total. The van der Waals surface area contributed by atoms with Gasteiger partial charge in [0, 0.05) is 6.07 Å². The van der Waals surface area contributed by atoms with E-state index < -0.39 is 74.6 Å². The smallest absolute Gasteiger partial charge is 0.229 e. The lowest BCUT2D eigenvalue weighted by atomic mass is 9.96. The van der Waals surface area contributed by atoms with Gasteiger partial charge < -0.3 is 59.4 Å². The number of carbonyl (C=O) groups is 1. The fourth-order valence-electron chi connectivity index (χ4n) is 4.75. The summed E-state index contributed by atoms with van der Waals surface area (Å²) in [5.41, 5.74) is -0.945. The fourth-order valence-corrected chi connectivity index (χ4v) is 4.75. The quantitative estimate of drug-likeness (QED) is 0.215. The molecule has 0 unspecified atom stereocenters. The number of phenols is 1. The first-order valence-electron chi connectivity index (χ1n) is 12.3. The van der Waals surface area contributed by atoms with E-state index in [9.17, 15) is 40.5 Å². The lowest BCUT2D eigenvalue weighted by Crippen LogP contribution is -2.62. The largest absolute Gasteiger partial charge is 0.508 e. The van der Waals surface area contributed by atoms with E-state index in [1.165, 1.54) is 18.2 Å². The van der Waals surface area contributed by atoms with Crippen LogP contribution >= 0.6 is 0 Å². The minimum Gasteiger partial charge on any atom is -0.508 e. The SMILES string of the molecule is O=C1C[C@H](c2ccc(O[C@@H]3O[C@H](CO)[C@@H](O)[C@H](O)[C@H]3O[C@H]3OC[C@@](O)(CO)[C@@H]3O)cc2)Oc2cc(O)ccc21. The molecule has 13 heteroatoms. The number of hydrogen-bond donors (Lipinski definition) is 7. The molecule has 9 atom stereocenters. The van der Waals surface area contributed by atoms with Gasteiger partial charge in [-0.1, -0.05) is 12.1 Å². The highest BCUT2D eigenvalue weighted by atomic mass is 16.8. The van der Waals surface area contributed by atoms with Crippen molar-refractivity contribution >= 4 is 5.78 Å². The molecule has 3 aliphatic rings. The predicted molar refractivity (Wildman–Crippen MR) is 128 cm³/mol. The maximum atomic E-state index is 12.5. The Morgan fingerprint density at radius 2 is 1.74 bits per heavy atom. The molecule has 0 saturated carbocycles. The standard InChI is InChI=1S/C26H30O13/c27-9-19-20(31)21(32)22(39-25-23(33)26(34,10-28)11-35-25)24(38-19)36-14-4-1-12(2-5-14)17-8-16(30)15-6-3-13(29)7-18(15)37-17/h1-7,17,19-25,27-29,31-34H,8-11H2/t17-,19-,20-,21+,22-,23-,24-,25-,26+/m1/s1. The van der Waals surface area contributed by atoms with Gasteiger partial charge in [0.1, 0.15) is 53.4 Å². The average Bonchev–Trinajstić information content (AvgIpc) is 3.21. The first-order valence-corrected chi connectivity index (χ1v) is 12.3. The summed E-state index contributed by atoms with van der Waals surface area (Å²) in [6.45, 7) is -1.88. The van der Waals surface area contributed by atoms with Crippen molar-refractivity contribution in [3.05, 3.63) is 53.6 Å². The first-order chi connectivity index (χ1) is 18.6. The Balaban J connectivity index is 1.31. The molecular weight excluding hydrogens is 520 g/mol. The van der Waals surface area contributed by atoms with Crippen molar-refractivity contribution in [2.75, 3.05) is 19.8 Å². The zero-order chi connectivity index (χ0) is 27.9. The van der Waals surface area contributed by atoms with E-state index in [0.717, 1.165) is 0 Å². The molecule has 7 N–H and O–H groups in total. The number of rotatable bonds is 7. The van der Waals surface area contributed by atoms with Crippen molar-refractivity contribution in [3.8, 4) is 17.2 Å². The molecule has 212 valence electrons. The van der Waals surface area contributed by atoms with Crippen LogP contribution in [0.4, 0.5) is 0 Å². The van der Waals surface area contributed by atoms with Crippen LogP contribution in [-0.4, -0.2) is 110 Å². The topological polar surface area (TPSA) is 205 Å². The number of fused-ring (bicyclic) bond motifs is 1. The highest BCUT2D eigenvalue weighted by molar-refractivity contribution is 6.00. The van der Waals surface area contributed by atoms with Crippen molar-refractivity contribution in [2.24, 2.45) is 0 Å². The van der Waals surface area contributed by atoms with Crippen molar-refractivity contribution < 1.29 is 64.2 Å². The summed E-state index contributed by atoms with van der Waals surface area (Å²) < 4.78 is 28.3. The number of benzene rings is 2. The van der Waals surface area contributed by atoms with Crippen molar-refractivity contribution in [2.45, 2.75) is 61.2 Å². The van der Waals surface area contributed by atoms with E-state index in [2.05, 4.69) is 0 Å². The van der Waals surface area contributed by atoms with Crippen LogP contribution in [0, 0.1) is 0 Å². The molecule has 0 bridgehead atoms. The molecule has 0 amide bonds. The second-order valence-electron chi connectivity index (χ2n) is 9.79. The number of phenolic OH excluding ortho intramolecular Hbond substituents is 1. The van der Waals surface area contributed by atoms with E-state index in [1.807, 2.05) is 0 Å². The first kappa shape index (κ1) is 27.7. The van der Waals surface area contributed by atoms with Crippen LogP contribution in [0.2, 0.25) is 0 Å². The second kappa shape index (κ2) is 11.0. The van der Waals surface area contributed by atoms with E-state index in [-0.39, 0.29) is 29.5 Å². The maximum absolute atomic E-state index is 12.5. The van der Waals surface area contributed by atoms with E-state index in [4.69, 9.17) is 23.7 Å². The van der Waals surface area contributed by atoms with Crippen LogP contribution in [0.25, 0.3) is 0 Å². The molecule has 3 heterocycles. The van der Waals surface area contributed by atoms with Gasteiger partial charge in [0.2, 0.25) is 6.29 Å². The molecular formula is C26H30O13. The van der Waals surface area contributed by atoms with Gasteiger partial charge in [-0.2, -0.15) is 0 Å². The fraction of sp³-hybridized carbons (Fsp3) is 0.500. The van der Waals surface area contributed by atoms with Crippen LogP contribution in [0.1, 0.15) is 28.4 Å². The molecule has 2 aromatic carbocycles. The zero-order valence-corrected chi connectivity index (χ0v) is 20.6. The van der Waals surface area contributed by atoms with Gasteiger partial charge in [0.25, 0.3) is 0 Å². The Labute approximate surface area is 222 Å². The summed E-state index contributed by atoms with van der Waals surface area (Å²) in [6, 6.07) is 10.7. The number of Topliss-reactive ketones (excluding diaryl/α,β-unsaturated/α-hetero) is 1.